The second-order valence-corrected chi connectivity index (χ2v) is 5.27. The molecule has 3 N–H and O–H groups in total. The third-order valence-corrected chi connectivity index (χ3v) is 3.89. The number of oxime groups is 1. The van der Waals surface area contributed by atoms with Crippen molar-refractivity contribution in [2.75, 3.05) is 0 Å². The Labute approximate surface area is 125 Å². The van der Waals surface area contributed by atoms with E-state index in [-0.39, 0.29) is 11.5 Å². The molecule has 0 unspecified atom stereocenters. The molecule has 0 aliphatic heterocycles. The van der Waals surface area contributed by atoms with Gasteiger partial charge in [-0.05, 0) is 17.7 Å². The summed E-state index contributed by atoms with van der Waals surface area (Å²) in [6.07, 6.45) is 0. The lowest BCUT2D eigenvalue weighted by molar-refractivity contribution is -0.384. The van der Waals surface area contributed by atoms with Gasteiger partial charge in [-0.3, -0.25) is 10.1 Å². The maximum absolute atomic E-state index is 10.6. The van der Waals surface area contributed by atoms with Crippen molar-refractivity contribution in [2.45, 2.75) is 10.6 Å². The molecule has 0 saturated carbocycles. The van der Waals surface area contributed by atoms with Crippen LogP contribution in [0.4, 0.5) is 5.69 Å². The summed E-state index contributed by atoms with van der Waals surface area (Å²) in [6, 6.07) is 13.8. The number of thioether (sulfide) groups is 1. The SMILES string of the molecule is N/C(=N\O)c1ccc(CSc2ccc([N+](=O)[O-])cc2)cc1. The number of nitro groups is 1. The van der Waals surface area contributed by atoms with Crippen molar-refractivity contribution in [2.24, 2.45) is 10.9 Å². The van der Waals surface area contributed by atoms with Crippen LogP contribution < -0.4 is 5.73 Å². The van der Waals surface area contributed by atoms with E-state index in [1.165, 1.54) is 12.1 Å². The molecule has 0 spiro atoms. The highest BCUT2D eigenvalue weighted by Crippen LogP contribution is 2.24. The molecule has 21 heavy (non-hydrogen) atoms. The number of nitrogens with zero attached hydrogens (tertiary/aromatic N) is 2. The van der Waals surface area contributed by atoms with Crippen molar-refractivity contribution >= 4 is 23.3 Å². The molecule has 0 aromatic heterocycles. The van der Waals surface area contributed by atoms with Crippen LogP contribution in [0.5, 0.6) is 0 Å². The van der Waals surface area contributed by atoms with Gasteiger partial charge < -0.3 is 10.9 Å². The molecule has 0 bridgehead atoms. The Morgan fingerprint density at radius 1 is 1.19 bits per heavy atom. The topological polar surface area (TPSA) is 102 Å². The first-order chi connectivity index (χ1) is 10.1. The molecule has 2 aromatic rings. The van der Waals surface area contributed by atoms with Crippen molar-refractivity contribution in [3.8, 4) is 0 Å². The van der Waals surface area contributed by atoms with Crippen LogP contribution in [0.2, 0.25) is 0 Å². The third kappa shape index (κ3) is 3.96. The molecule has 7 heteroatoms. The first kappa shape index (κ1) is 14.9. The van der Waals surface area contributed by atoms with Gasteiger partial charge in [0.15, 0.2) is 5.84 Å². The molecular formula is C14H13N3O3S. The zero-order valence-electron chi connectivity index (χ0n) is 11.0. The van der Waals surface area contributed by atoms with E-state index in [1.54, 1.807) is 36.0 Å². The highest BCUT2D eigenvalue weighted by molar-refractivity contribution is 7.98. The Hall–Kier alpha value is -2.54. The predicted molar refractivity (Wildman–Crippen MR) is 81.6 cm³/mol. The number of benzene rings is 2. The number of nitro benzene ring substituents is 1. The van der Waals surface area contributed by atoms with Crippen molar-refractivity contribution in [3.05, 3.63) is 69.8 Å². The maximum Gasteiger partial charge on any atom is 0.269 e. The second-order valence-electron chi connectivity index (χ2n) is 4.22. The molecular weight excluding hydrogens is 290 g/mol. The number of amidine groups is 1. The molecule has 0 aliphatic rings. The molecule has 0 fully saturated rings. The van der Waals surface area contributed by atoms with E-state index in [0.717, 1.165) is 16.2 Å². The molecule has 0 atom stereocenters. The molecule has 0 amide bonds. The van der Waals surface area contributed by atoms with Gasteiger partial charge in [-0.1, -0.05) is 29.4 Å². The summed E-state index contributed by atoms with van der Waals surface area (Å²) in [5.74, 6) is 0.804. The van der Waals surface area contributed by atoms with Crippen LogP contribution in [0.1, 0.15) is 11.1 Å². The quantitative estimate of drug-likeness (QED) is 0.221. The summed E-state index contributed by atoms with van der Waals surface area (Å²) in [4.78, 5) is 11.1. The van der Waals surface area contributed by atoms with Crippen molar-refractivity contribution in [1.82, 2.24) is 0 Å². The van der Waals surface area contributed by atoms with E-state index in [9.17, 15) is 10.1 Å². The van der Waals surface area contributed by atoms with Gasteiger partial charge in [0.05, 0.1) is 4.92 Å². The predicted octanol–water partition coefficient (Wildman–Crippen LogP) is 2.98. The zero-order chi connectivity index (χ0) is 15.2. The van der Waals surface area contributed by atoms with E-state index >= 15 is 0 Å². The largest absolute Gasteiger partial charge is 0.409 e. The fourth-order valence-electron chi connectivity index (χ4n) is 1.66. The summed E-state index contributed by atoms with van der Waals surface area (Å²) in [5.41, 5.74) is 7.30. The Balaban J connectivity index is 1.98. The highest BCUT2D eigenvalue weighted by Gasteiger charge is 2.04. The number of non-ortho nitro benzene ring substituents is 1. The molecule has 6 nitrogen and oxygen atoms in total. The zero-order valence-corrected chi connectivity index (χ0v) is 11.8. The highest BCUT2D eigenvalue weighted by atomic mass is 32.2. The smallest absolute Gasteiger partial charge is 0.269 e. The van der Waals surface area contributed by atoms with Gasteiger partial charge in [0.2, 0.25) is 0 Å². The second kappa shape index (κ2) is 6.76. The average Bonchev–Trinajstić information content (AvgIpc) is 2.53. The Morgan fingerprint density at radius 2 is 1.81 bits per heavy atom. The number of rotatable bonds is 5. The minimum absolute atomic E-state index is 0.0737. The molecule has 0 saturated heterocycles. The van der Waals surface area contributed by atoms with Gasteiger partial charge in [0, 0.05) is 28.3 Å². The molecule has 2 rings (SSSR count). The fourth-order valence-corrected chi connectivity index (χ4v) is 2.51. The summed E-state index contributed by atoms with van der Waals surface area (Å²) in [7, 11) is 0. The van der Waals surface area contributed by atoms with Gasteiger partial charge in [0.1, 0.15) is 0 Å². The monoisotopic (exact) mass is 303 g/mol. The summed E-state index contributed by atoms with van der Waals surface area (Å²) < 4.78 is 0. The molecule has 2 aromatic carbocycles. The fraction of sp³-hybridized carbons (Fsp3) is 0.0714. The van der Waals surface area contributed by atoms with Crippen LogP contribution >= 0.6 is 11.8 Å². The van der Waals surface area contributed by atoms with Crippen molar-refractivity contribution in [3.63, 3.8) is 0 Å². The lowest BCUT2D eigenvalue weighted by Crippen LogP contribution is -2.12. The summed E-state index contributed by atoms with van der Waals surface area (Å²) >= 11 is 1.58. The lowest BCUT2D eigenvalue weighted by atomic mass is 10.1. The molecule has 0 heterocycles. The van der Waals surface area contributed by atoms with Crippen LogP contribution in [0.15, 0.2) is 58.6 Å². The third-order valence-electron chi connectivity index (χ3n) is 2.81. The van der Waals surface area contributed by atoms with E-state index < -0.39 is 4.92 Å². The van der Waals surface area contributed by atoms with Gasteiger partial charge in [0.25, 0.3) is 5.69 Å². The van der Waals surface area contributed by atoms with Crippen LogP contribution in [-0.4, -0.2) is 16.0 Å². The normalized spacial score (nSPS) is 11.3. The van der Waals surface area contributed by atoms with Crippen LogP contribution in [0.25, 0.3) is 0 Å². The average molecular weight is 303 g/mol. The first-order valence-electron chi connectivity index (χ1n) is 6.04. The van der Waals surface area contributed by atoms with Crippen LogP contribution in [0.3, 0.4) is 0 Å². The van der Waals surface area contributed by atoms with E-state index in [2.05, 4.69) is 5.16 Å². The summed E-state index contributed by atoms with van der Waals surface area (Å²) in [6.45, 7) is 0. The number of hydrogen-bond donors (Lipinski definition) is 2. The number of hydrogen-bond acceptors (Lipinski definition) is 5. The Morgan fingerprint density at radius 3 is 2.33 bits per heavy atom. The molecule has 0 aliphatic carbocycles. The molecule has 0 radical (unpaired) electrons. The Bertz CT molecular complexity index is 654. The van der Waals surface area contributed by atoms with E-state index in [1.807, 2.05) is 12.1 Å². The van der Waals surface area contributed by atoms with E-state index in [0.29, 0.717) is 5.56 Å². The minimum Gasteiger partial charge on any atom is -0.409 e. The van der Waals surface area contributed by atoms with Gasteiger partial charge >= 0.3 is 0 Å². The van der Waals surface area contributed by atoms with Gasteiger partial charge in [-0.15, -0.1) is 11.8 Å². The van der Waals surface area contributed by atoms with Crippen LogP contribution in [-0.2, 0) is 5.75 Å². The summed E-state index contributed by atoms with van der Waals surface area (Å²) in [5, 5.41) is 22.1. The Kier molecular flexibility index (Phi) is 4.78. The van der Waals surface area contributed by atoms with Crippen molar-refractivity contribution in [1.29, 1.82) is 0 Å². The maximum atomic E-state index is 10.6. The van der Waals surface area contributed by atoms with Gasteiger partial charge in [-0.25, -0.2) is 0 Å². The first-order valence-corrected chi connectivity index (χ1v) is 7.03. The number of nitrogens with two attached hydrogens (primary N) is 1. The lowest BCUT2D eigenvalue weighted by Gasteiger charge is -2.04. The van der Waals surface area contributed by atoms with Crippen LogP contribution in [0, 0.1) is 10.1 Å². The minimum atomic E-state index is -0.416. The van der Waals surface area contributed by atoms with Crippen molar-refractivity contribution < 1.29 is 10.1 Å². The molecule has 108 valence electrons. The van der Waals surface area contributed by atoms with E-state index in [4.69, 9.17) is 10.9 Å². The van der Waals surface area contributed by atoms with Gasteiger partial charge in [-0.2, -0.15) is 0 Å². The standard InChI is InChI=1S/C14H13N3O3S/c15-14(16-18)11-3-1-10(2-4-11)9-21-13-7-5-12(6-8-13)17(19)20/h1-8,18H,9H2,(H2,15,16).